The van der Waals surface area contributed by atoms with Crippen molar-refractivity contribution in [3.05, 3.63) is 136 Å². The largest absolute Gasteiger partial charge is 0.496 e. The first-order chi connectivity index (χ1) is 21.2. The monoisotopic (exact) mass is 605 g/mol. The average molecular weight is 606 g/mol. The minimum absolute atomic E-state index is 0.0416. The predicted molar refractivity (Wildman–Crippen MR) is 174 cm³/mol. The normalized spacial score (nSPS) is 16.1. The number of ether oxygens (including phenoxy) is 2. The van der Waals surface area contributed by atoms with Gasteiger partial charge in [0.25, 0.3) is 5.69 Å². The van der Waals surface area contributed by atoms with E-state index in [1.165, 1.54) is 13.2 Å². The first-order valence-corrected chi connectivity index (χ1v) is 14.5. The fourth-order valence-corrected chi connectivity index (χ4v) is 6.14. The zero-order chi connectivity index (χ0) is 31.0. The van der Waals surface area contributed by atoms with Gasteiger partial charge in [-0.25, -0.2) is 0 Å². The molecule has 1 aliphatic rings. The summed E-state index contributed by atoms with van der Waals surface area (Å²) in [5, 5.41) is 16.2. The minimum atomic E-state index is -0.383. The minimum Gasteiger partial charge on any atom is -0.496 e. The molecule has 1 fully saturated rings. The number of benzene rings is 3. The van der Waals surface area contributed by atoms with Crippen LogP contribution in [0.25, 0.3) is 5.69 Å². The molecule has 44 heavy (non-hydrogen) atoms. The maximum Gasteiger partial charge on any atom is 0.296 e. The summed E-state index contributed by atoms with van der Waals surface area (Å²) < 4.78 is 13.3. The molecule has 2 atom stereocenters. The van der Waals surface area contributed by atoms with Crippen molar-refractivity contribution in [1.29, 1.82) is 0 Å². The summed E-state index contributed by atoms with van der Waals surface area (Å²) in [6.45, 7) is 5.96. The van der Waals surface area contributed by atoms with E-state index >= 15 is 0 Å². The molecule has 0 amide bonds. The van der Waals surface area contributed by atoms with Crippen molar-refractivity contribution < 1.29 is 14.4 Å². The van der Waals surface area contributed by atoms with Crippen molar-refractivity contribution in [3.8, 4) is 22.9 Å². The van der Waals surface area contributed by atoms with Gasteiger partial charge in [0.15, 0.2) is 5.11 Å². The molecule has 9 nitrogen and oxygen atoms in total. The molecule has 1 N–H and O–H groups in total. The Labute approximate surface area is 260 Å². The lowest BCUT2D eigenvalue weighted by atomic mass is 9.96. The molecule has 1 saturated heterocycles. The van der Waals surface area contributed by atoms with Gasteiger partial charge in [-0.1, -0.05) is 23.8 Å². The maximum absolute atomic E-state index is 12.1. The van der Waals surface area contributed by atoms with Crippen LogP contribution in [-0.4, -0.2) is 26.7 Å². The van der Waals surface area contributed by atoms with Crippen LogP contribution in [0.5, 0.6) is 17.2 Å². The van der Waals surface area contributed by atoms with E-state index in [1.807, 2.05) is 92.1 Å². The second-order valence-electron chi connectivity index (χ2n) is 10.7. The first-order valence-electron chi connectivity index (χ1n) is 14.1. The second-order valence-corrected chi connectivity index (χ2v) is 11.1. The number of hydrogen-bond acceptors (Lipinski definition) is 6. The number of nitrogens with zero attached hydrogens (tertiary/aromatic N) is 4. The van der Waals surface area contributed by atoms with Crippen LogP contribution >= 0.6 is 12.2 Å². The lowest BCUT2D eigenvalue weighted by Crippen LogP contribution is -2.29. The van der Waals surface area contributed by atoms with Crippen molar-refractivity contribution in [2.24, 2.45) is 0 Å². The zero-order valence-electron chi connectivity index (χ0n) is 24.7. The summed E-state index contributed by atoms with van der Waals surface area (Å²) in [6.07, 6.45) is 1.76. The number of rotatable bonds is 8. The van der Waals surface area contributed by atoms with Gasteiger partial charge >= 0.3 is 0 Å². The Balaban J connectivity index is 1.43. The molecule has 1 aliphatic heterocycles. The fourth-order valence-electron chi connectivity index (χ4n) is 5.79. The molecule has 6 rings (SSSR count). The molecular weight excluding hydrogens is 574 g/mol. The van der Waals surface area contributed by atoms with Crippen LogP contribution in [-0.2, 0) is 0 Å². The number of aromatic nitrogens is 2. The van der Waals surface area contributed by atoms with Gasteiger partial charge in [0.05, 0.1) is 35.9 Å². The number of nitro groups is 1. The quantitative estimate of drug-likeness (QED) is 0.109. The molecule has 3 aromatic carbocycles. The third kappa shape index (κ3) is 5.35. The summed E-state index contributed by atoms with van der Waals surface area (Å²) in [5.74, 6) is 1.89. The molecular formula is C34H31N5O4S. The Morgan fingerprint density at radius 3 is 2.23 bits per heavy atom. The van der Waals surface area contributed by atoms with Crippen LogP contribution in [0.4, 0.5) is 11.4 Å². The van der Waals surface area contributed by atoms with Gasteiger partial charge in [0.1, 0.15) is 22.9 Å². The topological polar surface area (TPSA) is 94.7 Å². The highest BCUT2D eigenvalue weighted by Gasteiger charge is 2.42. The first kappa shape index (κ1) is 28.9. The Kier molecular flexibility index (Phi) is 7.75. The highest BCUT2D eigenvalue weighted by Crippen LogP contribution is 2.44. The lowest BCUT2D eigenvalue weighted by molar-refractivity contribution is -0.384. The Hall–Kier alpha value is -5.22. The standard InChI is InChI=1S/C34H31N5O4S/c1-21-8-12-25(13-9-21)43-26-14-10-24(11-15-26)38-33(32(36-34(38)44)29-7-5-6-18-35-29)28-19-22(2)37(23(28)3)30-17-16-27(42-4)20-31(30)39(40)41/h5-20,32-33H,1-4H3,(H,36,44)/t32-,33+/m0/s1. The predicted octanol–water partition coefficient (Wildman–Crippen LogP) is 7.68. The van der Waals surface area contributed by atoms with E-state index in [4.69, 9.17) is 21.7 Å². The van der Waals surface area contributed by atoms with Crippen molar-refractivity contribution in [1.82, 2.24) is 14.9 Å². The second kappa shape index (κ2) is 11.8. The van der Waals surface area contributed by atoms with Crippen LogP contribution < -0.4 is 19.7 Å². The number of hydrogen-bond donors (Lipinski definition) is 1. The van der Waals surface area contributed by atoms with E-state index in [9.17, 15) is 10.1 Å². The molecule has 10 heteroatoms. The van der Waals surface area contributed by atoms with Gasteiger partial charge in [-0.05, 0) is 105 Å². The Bertz CT molecular complexity index is 1840. The van der Waals surface area contributed by atoms with E-state index in [0.717, 1.165) is 39.6 Å². The summed E-state index contributed by atoms with van der Waals surface area (Å²) in [6, 6.07) is 27.9. The summed E-state index contributed by atoms with van der Waals surface area (Å²) in [7, 11) is 1.49. The van der Waals surface area contributed by atoms with Crippen LogP contribution in [0, 0.1) is 30.9 Å². The number of pyridine rings is 1. The lowest BCUT2D eigenvalue weighted by Gasteiger charge is -2.28. The number of thiocarbonyl (C=S) groups is 1. The third-order valence-corrected chi connectivity index (χ3v) is 8.19. The fraction of sp³-hybridized carbons (Fsp3) is 0.176. The van der Waals surface area contributed by atoms with Gasteiger partial charge in [-0.3, -0.25) is 15.1 Å². The van der Waals surface area contributed by atoms with E-state index in [-0.39, 0.29) is 22.7 Å². The van der Waals surface area contributed by atoms with E-state index in [0.29, 0.717) is 22.3 Å². The van der Waals surface area contributed by atoms with E-state index in [2.05, 4.69) is 21.3 Å². The van der Waals surface area contributed by atoms with Gasteiger partial charge < -0.3 is 24.3 Å². The Morgan fingerprint density at radius 2 is 1.59 bits per heavy atom. The molecule has 0 spiro atoms. The van der Waals surface area contributed by atoms with Gasteiger partial charge in [0.2, 0.25) is 0 Å². The molecule has 2 aromatic heterocycles. The summed E-state index contributed by atoms with van der Waals surface area (Å²) in [5.41, 5.74) is 5.98. The van der Waals surface area contributed by atoms with Crippen molar-refractivity contribution in [2.45, 2.75) is 32.9 Å². The molecule has 0 saturated carbocycles. The molecule has 0 unspecified atom stereocenters. The van der Waals surface area contributed by atoms with E-state index in [1.54, 1.807) is 18.3 Å². The molecule has 5 aromatic rings. The van der Waals surface area contributed by atoms with Gasteiger partial charge in [-0.15, -0.1) is 0 Å². The molecule has 0 aliphatic carbocycles. The number of nitrogens with one attached hydrogen (secondary N) is 1. The number of aryl methyl sites for hydroxylation is 2. The van der Waals surface area contributed by atoms with Gasteiger partial charge in [-0.2, -0.15) is 0 Å². The van der Waals surface area contributed by atoms with Crippen molar-refractivity contribution in [3.63, 3.8) is 0 Å². The van der Waals surface area contributed by atoms with Crippen LogP contribution in [0.3, 0.4) is 0 Å². The maximum atomic E-state index is 12.1. The number of methoxy groups -OCH3 is 1. The smallest absolute Gasteiger partial charge is 0.296 e. The molecule has 0 radical (unpaired) electrons. The highest BCUT2D eigenvalue weighted by molar-refractivity contribution is 7.80. The van der Waals surface area contributed by atoms with Crippen molar-refractivity contribution >= 4 is 28.7 Å². The summed E-state index contributed by atoms with van der Waals surface area (Å²) in [4.78, 5) is 18.5. The van der Waals surface area contributed by atoms with Gasteiger partial charge in [0, 0.05) is 23.3 Å². The van der Waals surface area contributed by atoms with E-state index < -0.39 is 0 Å². The zero-order valence-corrected chi connectivity index (χ0v) is 25.5. The highest BCUT2D eigenvalue weighted by atomic mass is 32.1. The number of nitro benzene ring substituents is 1. The van der Waals surface area contributed by atoms with Crippen LogP contribution in [0.2, 0.25) is 0 Å². The van der Waals surface area contributed by atoms with Crippen molar-refractivity contribution in [2.75, 3.05) is 12.0 Å². The van der Waals surface area contributed by atoms with Crippen LogP contribution in [0.1, 0.15) is 40.3 Å². The Morgan fingerprint density at radius 1 is 0.909 bits per heavy atom. The SMILES string of the molecule is COc1ccc(-n2c(C)cc([C@@H]3[C@H](c4ccccn4)NC(=S)N3c3ccc(Oc4ccc(C)cc4)cc3)c2C)c([N+](=O)[O-])c1. The molecule has 0 bridgehead atoms. The average Bonchev–Trinajstić information content (AvgIpc) is 3.53. The number of anilines is 1. The third-order valence-electron chi connectivity index (χ3n) is 7.88. The summed E-state index contributed by atoms with van der Waals surface area (Å²) >= 11 is 5.93. The molecule has 3 heterocycles. The van der Waals surface area contributed by atoms with Crippen LogP contribution in [0.15, 0.2) is 97.2 Å². The molecule has 222 valence electrons.